The first kappa shape index (κ1) is 12.5. The molecular formula is C14H10F3N3. The molecule has 102 valence electrons. The van der Waals surface area contributed by atoms with Gasteiger partial charge in [-0.3, -0.25) is 5.43 Å². The van der Waals surface area contributed by atoms with Gasteiger partial charge in [0.15, 0.2) is 0 Å². The van der Waals surface area contributed by atoms with Gasteiger partial charge in [0.2, 0.25) is 0 Å². The first-order valence-electron chi connectivity index (χ1n) is 5.90. The van der Waals surface area contributed by atoms with E-state index in [0.29, 0.717) is 11.0 Å². The lowest BCUT2D eigenvalue weighted by atomic mass is 10.2. The number of aromatic nitrogens is 2. The molecule has 1 N–H and O–H groups in total. The molecule has 0 spiro atoms. The molecule has 0 saturated carbocycles. The molecule has 0 amide bonds. The molecule has 0 atom stereocenters. The molecule has 0 aliphatic heterocycles. The Morgan fingerprint density at radius 3 is 2.45 bits per heavy atom. The number of imidazole rings is 1. The number of nitrogens with zero attached hydrogens (tertiary/aromatic N) is 2. The summed E-state index contributed by atoms with van der Waals surface area (Å²) >= 11 is 0. The van der Waals surface area contributed by atoms with Crippen molar-refractivity contribution in [1.29, 1.82) is 0 Å². The van der Waals surface area contributed by atoms with Gasteiger partial charge < -0.3 is 0 Å². The second-order valence-corrected chi connectivity index (χ2v) is 4.29. The van der Waals surface area contributed by atoms with E-state index in [-0.39, 0.29) is 0 Å². The second kappa shape index (κ2) is 4.56. The molecule has 0 radical (unpaired) electrons. The first-order chi connectivity index (χ1) is 9.54. The largest absolute Gasteiger partial charge is 0.416 e. The van der Waals surface area contributed by atoms with Crippen LogP contribution in [0.1, 0.15) is 5.56 Å². The highest BCUT2D eigenvalue weighted by atomic mass is 19.4. The SMILES string of the molecule is FC(F)(F)c1ccc2c(c1)ncn2Nc1ccccc1. The summed E-state index contributed by atoms with van der Waals surface area (Å²) in [4.78, 5) is 3.99. The van der Waals surface area contributed by atoms with E-state index < -0.39 is 11.7 Å². The molecule has 0 aliphatic rings. The van der Waals surface area contributed by atoms with Gasteiger partial charge in [0, 0.05) is 0 Å². The van der Waals surface area contributed by atoms with Crippen molar-refractivity contribution in [2.75, 3.05) is 5.43 Å². The normalized spacial score (nSPS) is 11.8. The molecule has 2 aromatic carbocycles. The van der Waals surface area contributed by atoms with Crippen LogP contribution in [0.5, 0.6) is 0 Å². The Bertz CT molecular complexity index is 732. The summed E-state index contributed by atoms with van der Waals surface area (Å²) in [5.41, 5.74) is 4.06. The van der Waals surface area contributed by atoms with Crippen molar-refractivity contribution in [3.05, 3.63) is 60.4 Å². The molecule has 1 heterocycles. The van der Waals surface area contributed by atoms with Gasteiger partial charge in [-0.1, -0.05) is 18.2 Å². The van der Waals surface area contributed by atoms with Crippen LogP contribution in [0.2, 0.25) is 0 Å². The number of rotatable bonds is 2. The Labute approximate surface area is 112 Å². The molecular weight excluding hydrogens is 267 g/mol. The fraction of sp³-hybridized carbons (Fsp3) is 0.0714. The van der Waals surface area contributed by atoms with Crippen LogP contribution in [0.15, 0.2) is 54.9 Å². The van der Waals surface area contributed by atoms with Crippen molar-refractivity contribution in [2.45, 2.75) is 6.18 Å². The van der Waals surface area contributed by atoms with E-state index in [1.807, 2.05) is 30.3 Å². The van der Waals surface area contributed by atoms with Crippen LogP contribution >= 0.6 is 0 Å². The lowest BCUT2D eigenvalue weighted by molar-refractivity contribution is -0.137. The maximum atomic E-state index is 12.6. The number of nitrogens with one attached hydrogen (secondary N) is 1. The summed E-state index contributed by atoms with van der Waals surface area (Å²) < 4.78 is 39.4. The molecule has 6 heteroatoms. The maximum Gasteiger partial charge on any atom is 0.416 e. The second-order valence-electron chi connectivity index (χ2n) is 4.29. The lowest BCUT2D eigenvalue weighted by Crippen LogP contribution is -2.08. The van der Waals surface area contributed by atoms with Gasteiger partial charge in [-0.25, -0.2) is 9.66 Å². The topological polar surface area (TPSA) is 29.9 Å². The number of fused-ring (bicyclic) bond motifs is 1. The molecule has 0 unspecified atom stereocenters. The number of anilines is 1. The molecule has 20 heavy (non-hydrogen) atoms. The van der Waals surface area contributed by atoms with Gasteiger partial charge in [-0.05, 0) is 30.3 Å². The number of hydrogen-bond donors (Lipinski definition) is 1. The third kappa shape index (κ3) is 2.32. The summed E-state index contributed by atoms with van der Waals surface area (Å²) in [5, 5.41) is 0. The van der Waals surface area contributed by atoms with Gasteiger partial charge in [0.05, 0.1) is 22.3 Å². The zero-order valence-electron chi connectivity index (χ0n) is 10.2. The van der Waals surface area contributed by atoms with Crippen LogP contribution in [0.4, 0.5) is 18.9 Å². The highest BCUT2D eigenvalue weighted by molar-refractivity contribution is 5.77. The Balaban J connectivity index is 1.98. The van der Waals surface area contributed by atoms with Crippen molar-refractivity contribution >= 4 is 16.7 Å². The fourth-order valence-corrected chi connectivity index (χ4v) is 1.93. The summed E-state index contributed by atoms with van der Waals surface area (Å²) in [6.45, 7) is 0. The van der Waals surface area contributed by atoms with Crippen LogP contribution in [-0.2, 0) is 6.18 Å². The van der Waals surface area contributed by atoms with Crippen molar-refractivity contribution in [2.24, 2.45) is 0 Å². The van der Waals surface area contributed by atoms with Gasteiger partial charge in [0.25, 0.3) is 0 Å². The zero-order chi connectivity index (χ0) is 14.2. The third-order valence-corrected chi connectivity index (χ3v) is 2.90. The van der Waals surface area contributed by atoms with E-state index in [9.17, 15) is 13.2 Å². The fourth-order valence-electron chi connectivity index (χ4n) is 1.93. The molecule has 0 saturated heterocycles. The predicted octanol–water partition coefficient (Wildman–Crippen LogP) is 3.93. The van der Waals surface area contributed by atoms with Crippen LogP contribution < -0.4 is 5.43 Å². The summed E-state index contributed by atoms with van der Waals surface area (Å²) in [6.07, 6.45) is -2.90. The Hall–Kier alpha value is -2.50. The van der Waals surface area contributed by atoms with E-state index in [0.717, 1.165) is 17.8 Å². The summed E-state index contributed by atoms with van der Waals surface area (Å²) in [5.74, 6) is 0. The molecule has 0 fully saturated rings. The molecule has 0 aliphatic carbocycles. The van der Waals surface area contributed by atoms with Gasteiger partial charge >= 0.3 is 6.18 Å². The third-order valence-electron chi connectivity index (χ3n) is 2.90. The maximum absolute atomic E-state index is 12.6. The quantitative estimate of drug-likeness (QED) is 0.769. The molecule has 3 rings (SSSR count). The number of halogens is 3. The number of benzene rings is 2. The van der Waals surface area contributed by atoms with E-state index in [1.165, 1.54) is 12.4 Å². The lowest BCUT2D eigenvalue weighted by Gasteiger charge is -2.09. The van der Waals surface area contributed by atoms with Gasteiger partial charge in [-0.2, -0.15) is 13.2 Å². The monoisotopic (exact) mass is 277 g/mol. The zero-order valence-corrected chi connectivity index (χ0v) is 10.2. The van der Waals surface area contributed by atoms with E-state index >= 15 is 0 Å². The summed E-state index contributed by atoms with van der Waals surface area (Å²) in [6, 6.07) is 12.8. The predicted molar refractivity (Wildman–Crippen MR) is 70.2 cm³/mol. The van der Waals surface area contributed by atoms with Gasteiger partial charge in [-0.15, -0.1) is 0 Å². The van der Waals surface area contributed by atoms with Crippen LogP contribution in [0, 0.1) is 0 Å². The van der Waals surface area contributed by atoms with Gasteiger partial charge in [0.1, 0.15) is 6.33 Å². The molecule has 3 aromatic rings. The van der Waals surface area contributed by atoms with E-state index in [1.54, 1.807) is 4.68 Å². The van der Waals surface area contributed by atoms with Crippen LogP contribution in [-0.4, -0.2) is 9.66 Å². The molecule has 1 aromatic heterocycles. The minimum Gasteiger partial charge on any atom is -0.293 e. The Morgan fingerprint density at radius 2 is 1.75 bits per heavy atom. The Morgan fingerprint density at radius 1 is 1.00 bits per heavy atom. The van der Waals surface area contributed by atoms with E-state index in [4.69, 9.17) is 0 Å². The number of hydrogen-bond acceptors (Lipinski definition) is 2. The molecule has 0 bridgehead atoms. The van der Waals surface area contributed by atoms with Crippen molar-refractivity contribution in [3.8, 4) is 0 Å². The summed E-state index contributed by atoms with van der Waals surface area (Å²) in [7, 11) is 0. The van der Waals surface area contributed by atoms with E-state index in [2.05, 4.69) is 10.4 Å². The average molecular weight is 277 g/mol. The number of alkyl halides is 3. The van der Waals surface area contributed by atoms with Crippen LogP contribution in [0.3, 0.4) is 0 Å². The van der Waals surface area contributed by atoms with Crippen molar-refractivity contribution < 1.29 is 13.2 Å². The average Bonchev–Trinajstić information content (AvgIpc) is 2.81. The minimum absolute atomic E-state index is 0.295. The standard InChI is InChI=1S/C14H10F3N3/c15-14(16,17)10-6-7-13-12(8-10)18-9-20(13)19-11-4-2-1-3-5-11/h1-9,19H. The highest BCUT2D eigenvalue weighted by Crippen LogP contribution is 2.31. The highest BCUT2D eigenvalue weighted by Gasteiger charge is 2.30. The van der Waals surface area contributed by atoms with Crippen molar-refractivity contribution in [1.82, 2.24) is 9.66 Å². The Kier molecular flexibility index (Phi) is 2.85. The minimum atomic E-state index is -4.36. The molecule has 3 nitrogen and oxygen atoms in total. The first-order valence-corrected chi connectivity index (χ1v) is 5.90. The number of para-hydroxylation sites is 1. The van der Waals surface area contributed by atoms with Crippen molar-refractivity contribution in [3.63, 3.8) is 0 Å². The smallest absolute Gasteiger partial charge is 0.293 e. The van der Waals surface area contributed by atoms with Crippen LogP contribution in [0.25, 0.3) is 11.0 Å².